The Labute approximate surface area is 117 Å². The van der Waals surface area contributed by atoms with Gasteiger partial charge in [-0.1, -0.05) is 24.9 Å². The molecule has 104 valence electrons. The predicted molar refractivity (Wildman–Crippen MR) is 76.8 cm³/mol. The van der Waals surface area contributed by atoms with Crippen LogP contribution < -0.4 is 16.0 Å². The highest BCUT2D eigenvalue weighted by Crippen LogP contribution is 2.22. The normalized spacial score (nSPS) is 9.84. The molecule has 0 unspecified atom stereocenters. The van der Waals surface area contributed by atoms with Crippen LogP contribution in [0.1, 0.15) is 30.1 Å². The number of carbonyl (C=O) groups excluding carboxylic acids is 2. The predicted octanol–water partition coefficient (Wildman–Crippen LogP) is 2.62. The van der Waals surface area contributed by atoms with Crippen molar-refractivity contribution in [2.45, 2.75) is 19.8 Å². The van der Waals surface area contributed by atoms with Crippen LogP contribution in [0.25, 0.3) is 0 Å². The molecule has 0 atom stereocenters. The lowest BCUT2D eigenvalue weighted by atomic mass is 10.2. The number of unbranched alkanes of at least 4 members (excludes halogenated alkanes) is 1. The van der Waals surface area contributed by atoms with Gasteiger partial charge in [-0.15, -0.1) is 0 Å². The molecule has 0 bridgehead atoms. The van der Waals surface area contributed by atoms with Crippen molar-refractivity contribution < 1.29 is 9.59 Å². The molecule has 1 rings (SSSR count). The van der Waals surface area contributed by atoms with E-state index >= 15 is 0 Å². The van der Waals surface area contributed by atoms with Crippen LogP contribution >= 0.6 is 11.6 Å². The highest BCUT2D eigenvalue weighted by atomic mass is 35.5. The minimum absolute atomic E-state index is 0.165. The van der Waals surface area contributed by atoms with Crippen molar-refractivity contribution in [3.63, 3.8) is 0 Å². The summed E-state index contributed by atoms with van der Waals surface area (Å²) in [6, 6.07) is 4.40. The Balaban J connectivity index is 2.70. The van der Waals surface area contributed by atoms with Gasteiger partial charge in [0, 0.05) is 19.2 Å². The van der Waals surface area contributed by atoms with Crippen LogP contribution in [0.3, 0.4) is 0 Å². The molecular formula is C13H18ClN3O2. The van der Waals surface area contributed by atoms with E-state index < -0.39 is 0 Å². The van der Waals surface area contributed by atoms with E-state index in [4.69, 9.17) is 11.6 Å². The molecule has 1 aromatic carbocycles. The molecule has 0 aliphatic carbocycles. The summed E-state index contributed by atoms with van der Waals surface area (Å²) in [7, 11) is 1.51. The quantitative estimate of drug-likeness (QED) is 0.727. The van der Waals surface area contributed by atoms with Gasteiger partial charge in [0.25, 0.3) is 5.91 Å². The molecule has 3 amide bonds. The summed E-state index contributed by atoms with van der Waals surface area (Å²) in [5, 5.41) is 8.12. The number of halogens is 1. The number of nitrogens with one attached hydrogen (secondary N) is 3. The summed E-state index contributed by atoms with van der Waals surface area (Å²) >= 11 is 6.01. The fourth-order valence-electron chi connectivity index (χ4n) is 1.42. The Kier molecular flexibility index (Phi) is 6.15. The average molecular weight is 284 g/mol. The topological polar surface area (TPSA) is 70.2 Å². The molecule has 6 heteroatoms. The molecule has 0 spiro atoms. The first-order valence-electron chi connectivity index (χ1n) is 6.15. The summed E-state index contributed by atoms with van der Waals surface area (Å²) in [6.45, 7) is 2.70. The summed E-state index contributed by atoms with van der Waals surface area (Å²) in [5.74, 6) is -0.165. The number of amides is 3. The van der Waals surface area contributed by atoms with Gasteiger partial charge in [0.15, 0.2) is 0 Å². The standard InChI is InChI=1S/C13H18ClN3O2/c1-3-4-7-16-12(18)9-5-6-11(10(14)8-9)17-13(19)15-2/h5-6,8H,3-4,7H2,1-2H3,(H,16,18)(H2,15,17,19). The lowest BCUT2D eigenvalue weighted by Gasteiger charge is -2.09. The van der Waals surface area contributed by atoms with Crippen molar-refractivity contribution in [2.75, 3.05) is 18.9 Å². The van der Waals surface area contributed by atoms with Crippen LogP contribution in [-0.2, 0) is 0 Å². The highest BCUT2D eigenvalue weighted by molar-refractivity contribution is 6.34. The Bertz CT molecular complexity index is 463. The first-order chi connectivity index (χ1) is 9.08. The second kappa shape index (κ2) is 7.63. The Hall–Kier alpha value is -1.75. The molecule has 3 N–H and O–H groups in total. The molecule has 19 heavy (non-hydrogen) atoms. The van der Waals surface area contributed by atoms with E-state index in [-0.39, 0.29) is 11.9 Å². The third-order valence-electron chi connectivity index (χ3n) is 2.52. The van der Waals surface area contributed by atoms with Crippen LogP contribution in [0.15, 0.2) is 18.2 Å². The highest BCUT2D eigenvalue weighted by Gasteiger charge is 2.09. The third kappa shape index (κ3) is 4.79. The van der Waals surface area contributed by atoms with Gasteiger partial charge in [0.05, 0.1) is 10.7 Å². The second-order valence-corrected chi connectivity index (χ2v) is 4.42. The molecular weight excluding hydrogens is 266 g/mol. The molecule has 0 heterocycles. The lowest BCUT2D eigenvalue weighted by Crippen LogP contribution is -2.25. The number of urea groups is 1. The van der Waals surface area contributed by atoms with Gasteiger partial charge in [0.1, 0.15) is 0 Å². The Morgan fingerprint density at radius 2 is 2.05 bits per heavy atom. The van der Waals surface area contributed by atoms with Crippen molar-refractivity contribution in [3.8, 4) is 0 Å². The van der Waals surface area contributed by atoms with E-state index in [0.717, 1.165) is 12.8 Å². The van der Waals surface area contributed by atoms with Gasteiger partial charge in [-0.3, -0.25) is 4.79 Å². The van der Waals surface area contributed by atoms with E-state index in [1.807, 2.05) is 0 Å². The number of anilines is 1. The van der Waals surface area contributed by atoms with Gasteiger partial charge in [-0.05, 0) is 24.6 Å². The number of hydrogen-bond acceptors (Lipinski definition) is 2. The molecule has 0 fully saturated rings. The smallest absolute Gasteiger partial charge is 0.319 e. The first kappa shape index (κ1) is 15.3. The van der Waals surface area contributed by atoms with E-state index in [0.29, 0.717) is 22.8 Å². The maximum absolute atomic E-state index is 11.8. The summed E-state index contributed by atoms with van der Waals surface area (Å²) in [6.07, 6.45) is 1.96. The monoisotopic (exact) mass is 283 g/mol. The van der Waals surface area contributed by atoms with E-state index in [2.05, 4.69) is 22.9 Å². The van der Waals surface area contributed by atoms with Crippen molar-refractivity contribution in [1.82, 2.24) is 10.6 Å². The van der Waals surface area contributed by atoms with Crippen LogP contribution in [0, 0.1) is 0 Å². The van der Waals surface area contributed by atoms with Crippen molar-refractivity contribution >= 4 is 29.2 Å². The molecule has 1 aromatic rings. The van der Waals surface area contributed by atoms with E-state index in [9.17, 15) is 9.59 Å². The zero-order chi connectivity index (χ0) is 14.3. The number of carbonyl (C=O) groups is 2. The second-order valence-electron chi connectivity index (χ2n) is 4.01. The van der Waals surface area contributed by atoms with Gasteiger partial charge < -0.3 is 16.0 Å². The van der Waals surface area contributed by atoms with Crippen LogP contribution in [-0.4, -0.2) is 25.5 Å². The maximum Gasteiger partial charge on any atom is 0.319 e. The molecule has 0 saturated heterocycles. The molecule has 0 saturated carbocycles. The first-order valence-corrected chi connectivity index (χ1v) is 6.52. The van der Waals surface area contributed by atoms with Gasteiger partial charge >= 0.3 is 6.03 Å². The fraction of sp³-hybridized carbons (Fsp3) is 0.385. The minimum Gasteiger partial charge on any atom is -0.352 e. The van der Waals surface area contributed by atoms with Gasteiger partial charge in [0.2, 0.25) is 0 Å². The zero-order valence-corrected chi connectivity index (χ0v) is 11.8. The van der Waals surface area contributed by atoms with Gasteiger partial charge in [-0.25, -0.2) is 4.79 Å². The van der Waals surface area contributed by atoms with Crippen LogP contribution in [0.5, 0.6) is 0 Å². The Morgan fingerprint density at radius 3 is 2.63 bits per heavy atom. The van der Waals surface area contributed by atoms with Crippen LogP contribution in [0.4, 0.5) is 10.5 Å². The Morgan fingerprint density at radius 1 is 1.32 bits per heavy atom. The van der Waals surface area contributed by atoms with Crippen molar-refractivity contribution in [3.05, 3.63) is 28.8 Å². The van der Waals surface area contributed by atoms with Crippen molar-refractivity contribution in [1.29, 1.82) is 0 Å². The van der Waals surface area contributed by atoms with E-state index in [1.165, 1.54) is 13.1 Å². The van der Waals surface area contributed by atoms with Crippen molar-refractivity contribution in [2.24, 2.45) is 0 Å². The zero-order valence-electron chi connectivity index (χ0n) is 11.0. The lowest BCUT2D eigenvalue weighted by molar-refractivity contribution is 0.0953. The third-order valence-corrected chi connectivity index (χ3v) is 2.84. The van der Waals surface area contributed by atoms with E-state index in [1.54, 1.807) is 12.1 Å². The minimum atomic E-state index is -0.359. The number of benzene rings is 1. The van der Waals surface area contributed by atoms with Gasteiger partial charge in [-0.2, -0.15) is 0 Å². The molecule has 0 aliphatic rings. The molecule has 0 aliphatic heterocycles. The average Bonchev–Trinajstić information content (AvgIpc) is 2.41. The fourth-order valence-corrected chi connectivity index (χ4v) is 1.65. The summed E-state index contributed by atoms with van der Waals surface area (Å²) < 4.78 is 0. The van der Waals surface area contributed by atoms with Crippen LogP contribution in [0.2, 0.25) is 5.02 Å². The number of hydrogen-bond donors (Lipinski definition) is 3. The summed E-state index contributed by atoms with van der Waals surface area (Å²) in [4.78, 5) is 23.0. The molecule has 0 radical (unpaired) electrons. The summed E-state index contributed by atoms with van der Waals surface area (Å²) in [5.41, 5.74) is 0.940. The maximum atomic E-state index is 11.8. The number of rotatable bonds is 5. The largest absolute Gasteiger partial charge is 0.352 e. The molecule has 0 aromatic heterocycles. The SMILES string of the molecule is CCCCNC(=O)c1ccc(NC(=O)NC)c(Cl)c1. The molecule has 5 nitrogen and oxygen atoms in total.